The molecule has 2 aliphatic rings. The van der Waals surface area contributed by atoms with Gasteiger partial charge in [0.05, 0.1) is 50.9 Å². The lowest BCUT2D eigenvalue weighted by molar-refractivity contribution is -0.125. The number of amides is 4. The number of nitrogens with zero attached hydrogens (tertiary/aromatic N) is 2. The van der Waals surface area contributed by atoms with Crippen molar-refractivity contribution in [1.29, 1.82) is 0 Å². The average molecular weight is 723 g/mol. The molecule has 0 aromatic heterocycles. The first-order valence-electron chi connectivity index (χ1n) is 18.1. The highest BCUT2D eigenvalue weighted by atomic mass is 16.5. The van der Waals surface area contributed by atoms with Gasteiger partial charge >= 0.3 is 0 Å². The maximum Gasteiger partial charge on any atom is 0.227 e. The molecule has 2 N–H and O–H groups in total. The van der Waals surface area contributed by atoms with Gasteiger partial charge in [-0.3, -0.25) is 19.2 Å². The van der Waals surface area contributed by atoms with Crippen LogP contribution < -0.4 is 20.4 Å². The smallest absolute Gasteiger partial charge is 0.227 e. The Hall–Kier alpha value is -6.20. The molecule has 2 heterocycles. The minimum atomic E-state index is -0.229. The molecule has 10 heteroatoms. The molecule has 0 saturated carbocycles. The van der Waals surface area contributed by atoms with Crippen LogP contribution in [0.4, 0.5) is 11.4 Å². The van der Waals surface area contributed by atoms with Gasteiger partial charge in [-0.15, -0.1) is 0 Å². The number of rotatable bonds is 15. The van der Waals surface area contributed by atoms with E-state index in [2.05, 4.69) is 34.3 Å². The first kappa shape index (κ1) is 37.6. The van der Waals surface area contributed by atoms with Gasteiger partial charge in [0.25, 0.3) is 0 Å². The minimum Gasteiger partial charge on any atom is -0.377 e. The molecule has 4 aromatic rings. The van der Waals surface area contributed by atoms with Gasteiger partial charge in [0.2, 0.25) is 23.6 Å². The lowest BCUT2D eigenvalue weighted by Crippen LogP contribution is -2.34. The summed E-state index contributed by atoms with van der Waals surface area (Å²) < 4.78 is 11.1. The Morgan fingerprint density at radius 1 is 0.481 bits per heavy atom. The van der Waals surface area contributed by atoms with E-state index in [0.717, 1.165) is 44.8 Å². The van der Waals surface area contributed by atoms with E-state index in [-0.39, 0.29) is 49.3 Å². The number of hydrogen-bond acceptors (Lipinski definition) is 6. The lowest BCUT2D eigenvalue weighted by atomic mass is 10.0. The van der Waals surface area contributed by atoms with Gasteiger partial charge in [0, 0.05) is 61.0 Å². The molecule has 0 spiro atoms. The zero-order chi connectivity index (χ0) is 37.5. The second-order valence-electron chi connectivity index (χ2n) is 12.7. The van der Waals surface area contributed by atoms with Gasteiger partial charge in [0.15, 0.2) is 0 Å². The van der Waals surface area contributed by atoms with Crippen molar-refractivity contribution in [2.24, 2.45) is 0 Å². The summed E-state index contributed by atoms with van der Waals surface area (Å²) in [5, 5.41) is 5.60. The van der Waals surface area contributed by atoms with Crippen molar-refractivity contribution in [2.45, 2.75) is 38.8 Å². The second kappa shape index (κ2) is 19.0. The Morgan fingerprint density at radius 3 is 1.30 bits per heavy atom. The number of carbonyl (C=O) groups is 4. The van der Waals surface area contributed by atoms with E-state index in [9.17, 15) is 19.2 Å². The topological polar surface area (TPSA) is 117 Å². The van der Waals surface area contributed by atoms with E-state index in [1.165, 1.54) is 0 Å². The van der Waals surface area contributed by atoms with Crippen LogP contribution in [0.5, 0.6) is 0 Å². The standard InChI is InChI=1S/C44H42N4O6/c49-41(21-23-43(51)47-31-37-13-3-1-9-33(37)17-19-35-11-5-7-15-39(35)47)45-25-27-53-29-30-54-28-26-46-42(50)22-24-44(52)48-32-38-14-4-2-10-34(38)18-20-36-12-6-8-16-40(36)48/h1-16H,21-32H2,(H,45,49)(H,46,50). The molecule has 0 bridgehead atoms. The highest BCUT2D eigenvalue weighted by molar-refractivity contribution is 5.98. The molecule has 4 amide bonds. The summed E-state index contributed by atoms with van der Waals surface area (Å²) in [6.45, 7) is 2.60. The molecule has 54 heavy (non-hydrogen) atoms. The SMILES string of the molecule is O=C(CCC(=O)N1Cc2ccccc2C#Cc2ccccc21)NCCOCCOCCNC(=O)CCC(=O)N1Cc2ccccc2C#Cc2ccccc21. The molecule has 0 saturated heterocycles. The van der Waals surface area contributed by atoms with Crippen LogP contribution >= 0.6 is 0 Å². The Kier molecular flexibility index (Phi) is 13.2. The van der Waals surface area contributed by atoms with Crippen molar-refractivity contribution in [1.82, 2.24) is 10.6 Å². The first-order chi connectivity index (χ1) is 26.5. The van der Waals surface area contributed by atoms with Gasteiger partial charge < -0.3 is 29.9 Å². The number of hydrogen-bond donors (Lipinski definition) is 2. The number of para-hydroxylation sites is 2. The highest BCUT2D eigenvalue weighted by Gasteiger charge is 2.23. The third kappa shape index (κ3) is 10.2. The molecule has 4 aromatic carbocycles. The number of anilines is 2. The number of carbonyl (C=O) groups excluding carboxylic acids is 4. The Bertz CT molecular complexity index is 1970. The Morgan fingerprint density at radius 2 is 0.852 bits per heavy atom. The van der Waals surface area contributed by atoms with Crippen molar-refractivity contribution in [3.63, 3.8) is 0 Å². The fourth-order valence-corrected chi connectivity index (χ4v) is 6.15. The van der Waals surface area contributed by atoms with Crippen LogP contribution in [0.2, 0.25) is 0 Å². The van der Waals surface area contributed by atoms with Gasteiger partial charge in [0.1, 0.15) is 0 Å². The normalized spacial score (nSPS) is 12.3. The Labute approximate surface area is 315 Å². The van der Waals surface area contributed by atoms with Crippen LogP contribution in [0.25, 0.3) is 0 Å². The Balaban J connectivity index is 0.821. The quantitative estimate of drug-likeness (QED) is 0.136. The summed E-state index contributed by atoms with van der Waals surface area (Å²) in [4.78, 5) is 55.1. The van der Waals surface area contributed by atoms with Crippen LogP contribution in [-0.2, 0) is 41.7 Å². The summed E-state index contributed by atoms with van der Waals surface area (Å²) in [7, 11) is 0. The molecule has 0 atom stereocenters. The van der Waals surface area contributed by atoms with E-state index in [4.69, 9.17) is 9.47 Å². The summed E-state index contributed by atoms with van der Waals surface area (Å²) in [5.74, 6) is 12.0. The van der Waals surface area contributed by atoms with Crippen LogP contribution in [0.3, 0.4) is 0 Å². The predicted octanol–water partition coefficient (Wildman–Crippen LogP) is 4.71. The molecule has 6 rings (SSSR count). The average Bonchev–Trinajstić information content (AvgIpc) is 3.18. The van der Waals surface area contributed by atoms with Gasteiger partial charge in [-0.25, -0.2) is 0 Å². The maximum absolute atomic E-state index is 13.3. The van der Waals surface area contributed by atoms with E-state index in [1.54, 1.807) is 9.80 Å². The molecule has 10 nitrogen and oxygen atoms in total. The summed E-state index contributed by atoms with van der Waals surface area (Å²) in [6, 6.07) is 30.6. The molecule has 0 aliphatic carbocycles. The van der Waals surface area contributed by atoms with Crippen molar-refractivity contribution >= 4 is 35.0 Å². The number of fused-ring (bicyclic) bond motifs is 4. The number of nitrogens with one attached hydrogen (secondary N) is 2. The predicted molar refractivity (Wildman–Crippen MR) is 206 cm³/mol. The molecule has 274 valence electrons. The largest absolute Gasteiger partial charge is 0.377 e. The van der Waals surface area contributed by atoms with Crippen LogP contribution in [0, 0.1) is 23.7 Å². The number of ether oxygens (including phenoxy) is 2. The van der Waals surface area contributed by atoms with Crippen molar-refractivity contribution in [2.75, 3.05) is 49.3 Å². The van der Waals surface area contributed by atoms with Crippen LogP contribution in [0.1, 0.15) is 59.1 Å². The minimum absolute atomic E-state index is 0.0593. The van der Waals surface area contributed by atoms with Crippen molar-refractivity contribution in [3.8, 4) is 23.7 Å². The summed E-state index contributed by atoms with van der Waals surface area (Å²) in [5.41, 5.74) is 6.71. The summed E-state index contributed by atoms with van der Waals surface area (Å²) in [6.07, 6.45) is 0.247. The summed E-state index contributed by atoms with van der Waals surface area (Å²) >= 11 is 0. The monoisotopic (exact) mass is 722 g/mol. The maximum atomic E-state index is 13.3. The first-order valence-corrected chi connectivity index (χ1v) is 18.1. The molecule has 0 unspecified atom stereocenters. The van der Waals surface area contributed by atoms with Gasteiger partial charge in [-0.05, 0) is 47.5 Å². The highest BCUT2D eigenvalue weighted by Crippen LogP contribution is 2.27. The van der Waals surface area contributed by atoms with Crippen LogP contribution in [-0.4, -0.2) is 63.1 Å². The molecular formula is C44H42N4O6. The van der Waals surface area contributed by atoms with Crippen molar-refractivity contribution < 1.29 is 28.7 Å². The van der Waals surface area contributed by atoms with E-state index >= 15 is 0 Å². The number of benzene rings is 4. The third-order valence-corrected chi connectivity index (χ3v) is 8.99. The molecule has 2 aliphatic heterocycles. The third-order valence-electron chi connectivity index (χ3n) is 8.99. The molecule has 0 radical (unpaired) electrons. The second-order valence-corrected chi connectivity index (χ2v) is 12.7. The fourth-order valence-electron chi connectivity index (χ4n) is 6.15. The van der Waals surface area contributed by atoms with Gasteiger partial charge in [-0.1, -0.05) is 84.3 Å². The van der Waals surface area contributed by atoms with Crippen molar-refractivity contribution in [3.05, 3.63) is 130 Å². The fraction of sp³-hybridized carbons (Fsp3) is 0.273. The van der Waals surface area contributed by atoms with Gasteiger partial charge in [-0.2, -0.15) is 0 Å². The van der Waals surface area contributed by atoms with Crippen LogP contribution in [0.15, 0.2) is 97.1 Å². The van der Waals surface area contributed by atoms with E-state index in [0.29, 0.717) is 52.6 Å². The van der Waals surface area contributed by atoms with E-state index < -0.39 is 0 Å². The van der Waals surface area contributed by atoms with E-state index in [1.807, 2.05) is 97.1 Å². The molecule has 0 fully saturated rings. The molecular weight excluding hydrogens is 681 g/mol. The lowest BCUT2D eigenvalue weighted by Gasteiger charge is -2.26. The zero-order valence-corrected chi connectivity index (χ0v) is 30.1. The zero-order valence-electron chi connectivity index (χ0n) is 30.1.